The summed E-state index contributed by atoms with van der Waals surface area (Å²) in [4.78, 5) is 24.3. The summed E-state index contributed by atoms with van der Waals surface area (Å²) in [6.45, 7) is 1.66. The second-order valence-electron chi connectivity index (χ2n) is 6.51. The second kappa shape index (κ2) is 9.65. The number of benzene rings is 2. The van der Waals surface area contributed by atoms with Gasteiger partial charge in [0.15, 0.2) is 11.0 Å². The summed E-state index contributed by atoms with van der Waals surface area (Å²) >= 11 is 1.00. The van der Waals surface area contributed by atoms with Gasteiger partial charge in [-0.3, -0.25) is 9.59 Å². The molecule has 0 aliphatic carbocycles. The lowest BCUT2D eigenvalue weighted by Crippen LogP contribution is -2.29. The van der Waals surface area contributed by atoms with Crippen molar-refractivity contribution in [2.24, 2.45) is 7.05 Å². The highest BCUT2D eigenvalue weighted by atomic mass is 32.2. The second-order valence-corrected chi connectivity index (χ2v) is 7.45. The molecule has 2 N–H and O–H groups in total. The molecule has 0 spiro atoms. The average Bonchev–Trinajstić information content (AvgIpc) is 3.10. The molecule has 0 aliphatic rings. The van der Waals surface area contributed by atoms with Crippen LogP contribution < -0.4 is 10.6 Å². The predicted molar refractivity (Wildman–Crippen MR) is 109 cm³/mol. The van der Waals surface area contributed by atoms with Crippen LogP contribution in [0.3, 0.4) is 0 Å². The van der Waals surface area contributed by atoms with Crippen LogP contribution in [0, 0.1) is 17.5 Å². The van der Waals surface area contributed by atoms with E-state index in [1.807, 2.05) is 0 Å². The van der Waals surface area contributed by atoms with Gasteiger partial charge in [-0.15, -0.1) is 10.2 Å². The molecular weight excluding hydrogens is 431 g/mol. The number of para-hydroxylation sites is 1. The molecule has 0 fully saturated rings. The van der Waals surface area contributed by atoms with E-state index >= 15 is 0 Å². The molecule has 0 aliphatic heterocycles. The number of carbonyl (C=O) groups excluding carboxylic acids is 2. The molecule has 0 unspecified atom stereocenters. The minimum Gasteiger partial charge on any atom is -0.342 e. The van der Waals surface area contributed by atoms with Crippen molar-refractivity contribution in [3.8, 4) is 0 Å². The first-order valence-corrected chi connectivity index (χ1v) is 10.1. The van der Waals surface area contributed by atoms with E-state index in [0.29, 0.717) is 11.0 Å². The summed E-state index contributed by atoms with van der Waals surface area (Å²) in [5, 5.41) is 13.2. The van der Waals surface area contributed by atoms with Crippen LogP contribution in [0.5, 0.6) is 0 Å². The monoisotopic (exact) mass is 449 g/mol. The number of rotatable bonds is 7. The molecule has 2 amide bonds. The maximum atomic E-state index is 13.8. The van der Waals surface area contributed by atoms with Crippen LogP contribution >= 0.6 is 11.8 Å². The normalized spacial score (nSPS) is 11.8. The summed E-state index contributed by atoms with van der Waals surface area (Å²) in [5.74, 6) is -3.41. The van der Waals surface area contributed by atoms with Crippen LogP contribution in [0.4, 0.5) is 18.9 Å². The molecular formula is C20H18F3N5O2S. The number of nitrogens with one attached hydrogen (secondary N) is 2. The molecule has 3 rings (SSSR count). The molecule has 0 bridgehead atoms. The summed E-state index contributed by atoms with van der Waals surface area (Å²) < 4.78 is 42.6. The van der Waals surface area contributed by atoms with Crippen LogP contribution in [-0.4, -0.2) is 32.3 Å². The van der Waals surface area contributed by atoms with Gasteiger partial charge in [-0.1, -0.05) is 30.0 Å². The fraction of sp³-hybridized carbons (Fsp3) is 0.200. The summed E-state index contributed by atoms with van der Waals surface area (Å²) in [6.07, 6.45) is 0. The van der Waals surface area contributed by atoms with Crippen molar-refractivity contribution in [1.29, 1.82) is 0 Å². The number of aromatic nitrogens is 3. The van der Waals surface area contributed by atoms with Crippen molar-refractivity contribution >= 4 is 29.3 Å². The van der Waals surface area contributed by atoms with Gasteiger partial charge in [0.2, 0.25) is 5.91 Å². The van der Waals surface area contributed by atoms with Gasteiger partial charge in [0, 0.05) is 7.05 Å². The number of hydrogen-bond donors (Lipinski definition) is 2. The van der Waals surface area contributed by atoms with Gasteiger partial charge in [0.1, 0.15) is 23.1 Å². The van der Waals surface area contributed by atoms with Crippen LogP contribution in [0.15, 0.2) is 47.6 Å². The highest BCUT2D eigenvalue weighted by Crippen LogP contribution is 2.22. The third-order valence-electron chi connectivity index (χ3n) is 4.28. The van der Waals surface area contributed by atoms with E-state index in [2.05, 4.69) is 20.8 Å². The van der Waals surface area contributed by atoms with Gasteiger partial charge < -0.3 is 15.2 Å². The maximum Gasteiger partial charge on any atom is 0.254 e. The van der Waals surface area contributed by atoms with Crippen LogP contribution in [0.25, 0.3) is 0 Å². The first-order valence-electron chi connectivity index (χ1n) is 9.09. The first-order chi connectivity index (χ1) is 14.8. The topological polar surface area (TPSA) is 88.9 Å². The third-order valence-corrected chi connectivity index (χ3v) is 5.30. The Kier molecular flexibility index (Phi) is 6.95. The lowest BCUT2D eigenvalue weighted by Gasteiger charge is -2.14. The molecule has 0 radical (unpaired) electrons. The van der Waals surface area contributed by atoms with Gasteiger partial charge in [0.05, 0.1) is 17.4 Å². The molecule has 11 heteroatoms. The Morgan fingerprint density at radius 3 is 2.35 bits per heavy atom. The molecule has 0 saturated carbocycles. The average molecular weight is 449 g/mol. The van der Waals surface area contributed by atoms with Gasteiger partial charge in [-0.2, -0.15) is 0 Å². The Morgan fingerprint density at radius 1 is 1.03 bits per heavy atom. The Morgan fingerprint density at radius 2 is 1.68 bits per heavy atom. The molecule has 1 heterocycles. The Labute approximate surface area is 180 Å². The largest absolute Gasteiger partial charge is 0.342 e. The van der Waals surface area contributed by atoms with Gasteiger partial charge in [-0.05, 0) is 31.2 Å². The van der Waals surface area contributed by atoms with E-state index in [-0.39, 0.29) is 11.3 Å². The van der Waals surface area contributed by atoms with E-state index in [1.54, 1.807) is 24.6 Å². The van der Waals surface area contributed by atoms with Gasteiger partial charge in [-0.25, -0.2) is 13.2 Å². The molecule has 7 nitrogen and oxygen atoms in total. The summed E-state index contributed by atoms with van der Waals surface area (Å²) in [7, 11) is 1.64. The molecule has 0 saturated heterocycles. The first kappa shape index (κ1) is 22.3. The zero-order chi connectivity index (χ0) is 22.5. The highest BCUT2D eigenvalue weighted by Gasteiger charge is 2.20. The molecule has 162 valence electrons. The fourth-order valence-corrected chi connectivity index (χ4v) is 3.45. The number of carbonyl (C=O) groups is 2. The molecule has 2 aromatic carbocycles. The Hall–Kier alpha value is -3.34. The standard InChI is InChI=1S/C20H18F3N5O2S/c1-11(24-19(30)12-6-3-4-7-13(12)21)18-26-27-20(28(18)2)31-10-16(29)25-17-14(22)8-5-9-15(17)23/h3-9,11H,10H2,1-2H3,(H,24,30)(H,25,29)/t11-/m0/s1. The van der Waals surface area contributed by atoms with Crippen molar-refractivity contribution < 1.29 is 22.8 Å². The third kappa shape index (κ3) is 5.23. The number of anilines is 1. The number of hydrogen-bond acceptors (Lipinski definition) is 5. The SMILES string of the molecule is C[C@H](NC(=O)c1ccccc1F)c1nnc(SCC(=O)Nc2c(F)cccc2F)n1C. The fourth-order valence-electron chi connectivity index (χ4n) is 2.74. The number of nitrogens with zero attached hydrogens (tertiary/aromatic N) is 3. The van der Waals surface area contributed by atoms with E-state index in [1.165, 1.54) is 24.3 Å². The van der Waals surface area contributed by atoms with Crippen molar-refractivity contribution in [1.82, 2.24) is 20.1 Å². The molecule has 31 heavy (non-hydrogen) atoms. The predicted octanol–water partition coefficient (Wildman–Crippen LogP) is 3.45. The van der Waals surface area contributed by atoms with Crippen molar-refractivity contribution in [3.05, 3.63) is 71.3 Å². The summed E-state index contributed by atoms with van der Waals surface area (Å²) in [5.41, 5.74) is -0.612. The lowest BCUT2D eigenvalue weighted by molar-refractivity contribution is -0.113. The smallest absolute Gasteiger partial charge is 0.254 e. The van der Waals surface area contributed by atoms with E-state index in [4.69, 9.17) is 0 Å². The minimum absolute atomic E-state index is 0.0943. The van der Waals surface area contributed by atoms with Crippen molar-refractivity contribution in [3.63, 3.8) is 0 Å². The van der Waals surface area contributed by atoms with Crippen molar-refractivity contribution in [2.75, 3.05) is 11.1 Å². The van der Waals surface area contributed by atoms with Crippen molar-refractivity contribution in [2.45, 2.75) is 18.1 Å². The van der Waals surface area contributed by atoms with Gasteiger partial charge >= 0.3 is 0 Å². The zero-order valence-corrected chi connectivity index (χ0v) is 17.3. The Bertz CT molecular complexity index is 1100. The van der Waals surface area contributed by atoms with E-state index < -0.39 is 41.0 Å². The van der Waals surface area contributed by atoms with E-state index in [0.717, 1.165) is 23.9 Å². The number of amides is 2. The van der Waals surface area contributed by atoms with Crippen LogP contribution in [-0.2, 0) is 11.8 Å². The maximum absolute atomic E-state index is 13.8. The van der Waals surface area contributed by atoms with E-state index in [9.17, 15) is 22.8 Å². The van der Waals surface area contributed by atoms with Crippen LogP contribution in [0.1, 0.15) is 29.1 Å². The minimum atomic E-state index is -0.876. The summed E-state index contributed by atoms with van der Waals surface area (Å²) in [6, 6.07) is 8.27. The zero-order valence-electron chi connectivity index (χ0n) is 16.5. The molecule has 1 aromatic heterocycles. The van der Waals surface area contributed by atoms with Gasteiger partial charge in [0.25, 0.3) is 5.91 Å². The number of thioether (sulfide) groups is 1. The Balaban J connectivity index is 1.61. The quantitative estimate of drug-likeness (QED) is 0.540. The highest BCUT2D eigenvalue weighted by molar-refractivity contribution is 7.99. The van der Waals surface area contributed by atoms with Crippen LogP contribution in [0.2, 0.25) is 0 Å². The molecule has 3 aromatic rings. The molecule has 1 atom stereocenters. The lowest BCUT2D eigenvalue weighted by atomic mass is 10.2. The number of halogens is 3.